The Hall–Kier alpha value is -0.520. The number of hydrogen-bond donors (Lipinski definition) is 0. The number of unbranched alkanes of at least 4 members (excludes halogenated alkanes) is 2. The van der Waals surface area contributed by atoms with E-state index in [2.05, 4.69) is 6.92 Å². The fourth-order valence-corrected chi connectivity index (χ4v) is 3.46. The summed E-state index contributed by atoms with van der Waals surface area (Å²) in [4.78, 5) is 0.337. The lowest BCUT2D eigenvalue weighted by Crippen LogP contribution is -2.27. The maximum absolute atomic E-state index is 12.4. The second kappa shape index (κ2) is 7.31. The Kier molecular flexibility index (Phi) is 6.36. The number of aryl methyl sites for hydroxylation is 1. The average Bonchev–Trinajstić information content (AvgIpc) is 2.82. The lowest BCUT2D eigenvalue weighted by Gasteiger charge is -2.15. The number of nitrogens with zero attached hydrogens (tertiary/aromatic N) is 2. The summed E-state index contributed by atoms with van der Waals surface area (Å²) in [7, 11) is -1.75. The molecule has 0 amide bonds. The third-order valence-electron chi connectivity index (χ3n) is 3.22. The van der Waals surface area contributed by atoms with Crippen LogP contribution >= 0.6 is 11.6 Å². The van der Waals surface area contributed by atoms with Crippen molar-refractivity contribution in [3.8, 4) is 0 Å². The van der Waals surface area contributed by atoms with Gasteiger partial charge >= 0.3 is 0 Å². The smallest absolute Gasteiger partial charge is 0.244 e. The lowest BCUT2D eigenvalue weighted by molar-refractivity contribution is 0.454. The van der Waals surface area contributed by atoms with Crippen molar-refractivity contribution in [3.05, 3.63) is 18.0 Å². The Morgan fingerprint density at radius 2 is 2.00 bits per heavy atom. The summed E-state index contributed by atoms with van der Waals surface area (Å²) >= 11 is 5.83. The summed E-state index contributed by atoms with van der Waals surface area (Å²) < 4.78 is 28.1. The molecule has 1 aromatic heterocycles. The van der Waals surface area contributed by atoms with Crippen molar-refractivity contribution in [1.29, 1.82) is 0 Å². The molecule has 0 unspecified atom stereocenters. The predicted molar refractivity (Wildman–Crippen MR) is 79.0 cm³/mol. The van der Waals surface area contributed by atoms with Gasteiger partial charge in [0.15, 0.2) is 0 Å². The molecule has 0 fully saturated rings. The normalized spacial score (nSPS) is 12.3. The van der Waals surface area contributed by atoms with Crippen LogP contribution < -0.4 is 0 Å². The van der Waals surface area contributed by atoms with Crippen molar-refractivity contribution in [1.82, 2.24) is 8.87 Å². The molecule has 19 heavy (non-hydrogen) atoms. The molecule has 0 radical (unpaired) electrons. The summed E-state index contributed by atoms with van der Waals surface area (Å²) in [5.41, 5.74) is 0.838. The van der Waals surface area contributed by atoms with E-state index in [0.29, 0.717) is 17.3 Å². The number of aromatic nitrogens is 1. The molecule has 0 bridgehead atoms. The van der Waals surface area contributed by atoms with Crippen LogP contribution in [0.1, 0.15) is 38.8 Å². The van der Waals surface area contributed by atoms with Crippen LogP contribution in [0.15, 0.2) is 17.2 Å². The van der Waals surface area contributed by atoms with Gasteiger partial charge in [-0.3, -0.25) is 0 Å². The molecule has 0 saturated carbocycles. The maximum Gasteiger partial charge on any atom is 0.244 e. The zero-order valence-electron chi connectivity index (χ0n) is 11.9. The highest BCUT2D eigenvalue weighted by Crippen LogP contribution is 2.20. The van der Waals surface area contributed by atoms with Crippen LogP contribution in [0.4, 0.5) is 0 Å². The highest BCUT2D eigenvalue weighted by atomic mass is 35.5. The molecular formula is C13H23ClN2O2S. The fourth-order valence-electron chi connectivity index (χ4n) is 1.96. The minimum Gasteiger partial charge on any atom is -0.349 e. The Labute approximate surface area is 121 Å². The first-order chi connectivity index (χ1) is 8.97. The molecule has 110 valence electrons. The van der Waals surface area contributed by atoms with E-state index in [4.69, 9.17) is 11.6 Å². The molecule has 1 rings (SSSR count). The largest absolute Gasteiger partial charge is 0.349 e. The Balaban J connectivity index is 2.90. The highest BCUT2D eigenvalue weighted by molar-refractivity contribution is 7.89. The van der Waals surface area contributed by atoms with Crippen molar-refractivity contribution >= 4 is 21.6 Å². The van der Waals surface area contributed by atoms with Crippen molar-refractivity contribution in [3.63, 3.8) is 0 Å². The first kappa shape index (κ1) is 16.5. The van der Waals surface area contributed by atoms with E-state index in [1.807, 2.05) is 11.5 Å². The summed E-state index contributed by atoms with van der Waals surface area (Å²) in [5, 5.41) is 0. The quantitative estimate of drug-likeness (QED) is 0.547. The predicted octanol–water partition coefficient (Wildman–Crippen LogP) is 3.06. The van der Waals surface area contributed by atoms with E-state index in [1.165, 1.54) is 4.31 Å². The van der Waals surface area contributed by atoms with Crippen molar-refractivity contribution < 1.29 is 8.42 Å². The van der Waals surface area contributed by atoms with Gasteiger partial charge in [-0.2, -0.15) is 0 Å². The van der Waals surface area contributed by atoms with Gasteiger partial charge in [0.2, 0.25) is 10.0 Å². The van der Waals surface area contributed by atoms with Crippen LogP contribution in [-0.2, 0) is 22.4 Å². The second-order valence-electron chi connectivity index (χ2n) is 4.62. The van der Waals surface area contributed by atoms with Crippen LogP contribution in [0.5, 0.6) is 0 Å². The topological polar surface area (TPSA) is 42.3 Å². The molecule has 0 N–H and O–H groups in total. The van der Waals surface area contributed by atoms with Crippen molar-refractivity contribution in [2.45, 2.75) is 50.4 Å². The van der Waals surface area contributed by atoms with Gasteiger partial charge in [0, 0.05) is 32.0 Å². The van der Waals surface area contributed by atoms with E-state index < -0.39 is 10.0 Å². The fraction of sp³-hybridized carbons (Fsp3) is 0.692. The zero-order chi connectivity index (χ0) is 14.5. The van der Waals surface area contributed by atoms with Crippen LogP contribution in [0, 0.1) is 0 Å². The van der Waals surface area contributed by atoms with E-state index in [9.17, 15) is 8.42 Å². The van der Waals surface area contributed by atoms with Gasteiger partial charge < -0.3 is 4.57 Å². The van der Waals surface area contributed by atoms with Crippen molar-refractivity contribution in [2.24, 2.45) is 0 Å². The van der Waals surface area contributed by atoms with Crippen molar-refractivity contribution in [2.75, 3.05) is 13.6 Å². The van der Waals surface area contributed by atoms with Gasteiger partial charge in [-0.15, -0.1) is 11.6 Å². The molecule has 6 heteroatoms. The van der Waals surface area contributed by atoms with Crippen LogP contribution in [0.3, 0.4) is 0 Å². The average molecular weight is 307 g/mol. The van der Waals surface area contributed by atoms with Gasteiger partial charge in [-0.05, 0) is 19.4 Å². The first-order valence-corrected chi connectivity index (χ1v) is 8.66. The molecule has 0 aromatic carbocycles. The summed E-state index contributed by atoms with van der Waals surface area (Å²) in [6.07, 6.45) is 4.69. The maximum atomic E-state index is 12.4. The summed E-state index contributed by atoms with van der Waals surface area (Å²) in [5.74, 6) is 0.322. The van der Waals surface area contributed by atoms with Crippen LogP contribution in [0.2, 0.25) is 0 Å². The monoisotopic (exact) mass is 306 g/mol. The van der Waals surface area contributed by atoms with Gasteiger partial charge in [-0.25, -0.2) is 12.7 Å². The SMILES string of the molecule is CCCCCN(C)S(=O)(=O)c1cc(CCl)n(CC)c1. The molecule has 0 aliphatic heterocycles. The van der Waals surface area contributed by atoms with Crippen LogP contribution in [0.25, 0.3) is 0 Å². The van der Waals surface area contributed by atoms with Gasteiger partial charge in [0.05, 0.1) is 5.88 Å². The number of hydrogen-bond acceptors (Lipinski definition) is 2. The Bertz CT molecular complexity index is 475. The summed E-state index contributed by atoms with van der Waals surface area (Å²) in [6.45, 7) is 5.35. The molecule has 0 saturated heterocycles. The molecule has 0 spiro atoms. The third kappa shape index (κ3) is 3.97. The first-order valence-electron chi connectivity index (χ1n) is 6.68. The number of alkyl halides is 1. The highest BCUT2D eigenvalue weighted by Gasteiger charge is 2.22. The number of rotatable bonds is 8. The molecule has 4 nitrogen and oxygen atoms in total. The Morgan fingerprint density at radius 3 is 2.47 bits per heavy atom. The molecule has 0 aliphatic carbocycles. The van der Waals surface area contributed by atoms with Crippen LogP contribution in [-0.4, -0.2) is 30.9 Å². The second-order valence-corrected chi connectivity index (χ2v) is 6.93. The van der Waals surface area contributed by atoms with Gasteiger partial charge in [0.25, 0.3) is 0 Å². The Morgan fingerprint density at radius 1 is 1.32 bits per heavy atom. The minimum atomic E-state index is -3.39. The molecule has 1 aromatic rings. The zero-order valence-corrected chi connectivity index (χ0v) is 13.5. The summed E-state index contributed by atoms with van der Waals surface area (Å²) in [6, 6.07) is 1.67. The lowest BCUT2D eigenvalue weighted by atomic mass is 10.2. The minimum absolute atomic E-state index is 0.322. The number of halogens is 1. The van der Waals surface area contributed by atoms with Gasteiger partial charge in [-0.1, -0.05) is 19.8 Å². The van der Waals surface area contributed by atoms with Gasteiger partial charge in [0.1, 0.15) is 4.90 Å². The molecule has 0 aliphatic rings. The van der Waals surface area contributed by atoms with E-state index in [0.717, 1.165) is 31.5 Å². The molecule has 1 heterocycles. The van der Waals surface area contributed by atoms with E-state index in [1.54, 1.807) is 19.3 Å². The standard InChI is InChI=1S/C13H23ClN2O2S/c1-4-6-7-8-15(3)19(17,18)13-9-12(10-14)16(5-2)11-13/h9,11H,4-8,10H2,1-3H3. The van der Waals surface area contributed by atoms with E-state index >= 15 is 0 Å². The molecular weight excluding hydrogens is 284 g/mol. The van der Waals surface area contributed by atoms with E-state index in [-0.39, 0.29) is 0 Å². The molecule has 0 atom stereocenters. The number of sulfonamides is 1. The third-order valence-corrected chi connectivity index (χ3v) is 5.32.